The van der Waals surface area contributed by atoms with Crippen molar-refractivity contribution in [2.24, 2.45) is 13.0 Å². The normalized spacial score (nSPS) is 21.5. The van der Waals surface area contributed by atoms with Crippen molar-refractivity contribution < 1.29 is 13.2 Å². The molecular formula is C29H30F3N5. The highest BCUT2D eigenvalue weighted by atomic mass is 19.4. The number of aromatic nitrogens is 4. The Kier molecular flexibility index (Phi) is 5.82. The van der Waals surface area contributed by atoms with E-state index in [0.29, 0.717) is 5.92 Å². The van der Waals surface area contributed by atoms with Gasteiger partial charge in [0.1, 0.15) is 5.82 Å². The van der Waals surface area contributed by atoms with E-state index in [2.05, 4.69) is 36.8 Å². The predicted octanol–water partition coefficient (Wildman–Crippen LogP) is 5.95. The summed E-state index contributed by atoms with van der Waals surface area (Å²) in [7, 11) is 2.02. The minimum absolute atomic E-state index is 0.0501. The van der Waals surface area contributed by atoms with Gasteiger partial charge >= 0.3 is 6.18 Å². The quantitative estimate of drug-likeness (QED) is 0.291. The van der Waals surface area contributed by atoms with Crippen molar-refractivity contribution in [2.75, 3.05) is 19.6 Å². The van der Waals surface area contributed by atoms with Crippen LogP contribution in [0.2, 0.25) is 0 Å². The van der Waals surface area contributed by atoms with Gasteiger partial charge in [-0.3, -0.25) is 4.98 Å². The van der Waals surface area contributed by atoms with Gasteiger partial charge in [0.2, 0.25) is 0 Å². The number of hydrogen-bond acceptors (Lipinski definition) is 4. The molecule has 1 aliphatic heterocycles. The minimum atomic E-state index is -4.28. The third-order valence-corrected chi connectivity index (χ3v) is 8.21. The Morgan fingerprint density at radius 1 is 1.00 bits per heavy atom. The highest BCUT2D eigenvalue weighted by Crippen LogP contribution is 2.59. The molecule has 37 heavy (non-hydrogen) atoms. The molecule has 6 rings (SSSR count). The lowest BCUT2D eigenvalue weighted by atomic mass is 9.94. The molecule has 0 N–H and O–H groups in total. The summed E-state index contributed by atoms with van der Waals surface area (Å²) in [6.45, 7) is 4.96. The number of unbranched alkanes of at least 4 members (excludes halogenated alkanes) is 1. The molecule has 0 amide bonds. The molecule has 2 unspecified atom stereocenters. The highest BCUT2D eigenvalue weighted by Gasteiger charge is 2.60. The molecule has 1 saturated heterocycles. The lowest BCUT2D eigenvalue weighted by Crippen LogP contribution is -2.27. The SMILES string of the molecule is Cc1ccc2c(-c3nnc(CCCCN4CC5CC5(c5ccc(C(F)(F)F)cc5)C4)n3C)cccc2n1. The van der Waals surface area contributed by atoms with Crippen molar-refractivity contribution >= 4 is 10.9 Å². The first-order chi connectivity index (χ1) is 17.7. The van der Waals surface area contributed by atoms with Crippen LogP contribution in [0.4, 0.5) is 13.2 Å². The molecule has 2 aromatic carbocycles. The third-order valence-electron chi connectivity index (χ3n) is 8.21. The van der Waals surface area contributed by atoms with E-state index in [4.69, 9.17) is 0 Å². The van der Waals surface area contributed by atoms with Crippen LogP contribution in [0.5, 0.6) is 0 Å². The zero-order chi connectivity index (χ0) is 25.8. The Morgan fingerprint density at radius 3 is 2.59 bits per heavy atom. The summed E-state index contributed by atoms with van der Waals surface area (Å²) < 4.78 is 40.9. The zero-order valence-electron chi connectivity index (χ0n) is 21.1. The second kappa shape index (κ2) is 8.94. The molecule has 2 fully saturated rings. The summed E-state index contributed by atoms with van der Waals surface area (Å²) in [5.41, 5.74) is 3.52. The van der Waals surface area contributed by atoms with Crippen molar-refractivity contribution in [1.29, 1.82) is 0 Å². The average molecular weight is 506 g/mol. The van der Waals surface area contributed by atoms with Gasteiger partial charge in [-0.25, -0.2) is 0 Å². The molecule has 2 aliphatic rings. The molecule has 0 bridgehead atoms. The zero-order valence-corrected chi connectivity index (χ0v) is 21.1. The van der Waals surface area contributed by atoms with Crippen LogP contribution >= 0.6 is 0 Å². The number of hydrogen-bond donors (Lipinski definition) is 0. The number of likely N-dealkylation sites (tertiary alicyclic amines) is 1. The lowest BCUT2D eigenvalue weighted by Gasteiger charge is -2.21. The van der Waals surface area contributed by atoms with Crippen LogP contribution in [0.3, 0.4) is 0 Å². The van der Waals surface area contributed by atoms with Crippen LogP contribution in [0.1, 0.15) is 41.9 Å². The van der Waals surface area contributed by atoms with Crippen molar-refractivity contribution in [3.05, 3.63) is 77.2 Å². The van der Waals surface area contributed by atoms with Gasteiger partial charge in [-0.2, -0.15) is 13.2 Å². The number of piperidine rings is 1. The Balaban J connectivity index is 1.05. The summed E-state index contributed by atoms with van der Waals surface area (Å²) in [4.78, 5) is 7.11. The Hall–Kier alpha value is -3.26. The largest absolute Gasteiger partial charge is 0.416 e. The van der Waals surface area contributed by atoms with Gasteiger partial charge in [0.05, 0.1) is 11.1 Å². The maximum absolute atomic E-state index is 12.9. The van der Waals surface area contributed by atoms with Crippen LogP contribution in [0, 0.1) is 12.8 Å². The molecule has 3 heterocycles. The number of benzene rings is 2. The first-order valence-electron chi connectivity index (χ1n) is 12.9. The number of fused-ring (bicyclic) bond motifs is 2. The maximum atomic E-state index is 12.9. The third kappa shape index (κ3) is 4.41. The second-order valence-corrected chi connectivity index (χ2v) is 10.6. The molecule has 8 heteroatoms. The first kappa shape index (κ1) is 24.1. The summed E-state index contributed by atoms with van der Waals surface area (Å²) in [5, 5.41) is 10.1. The van der Waals surface area contributed by atoms with E-state index in [9.17, 15) is 13.2 Å². The van der Waals surface area contributed by atoms with Crippen molar-refractivity contribution in [1.82, 2.24) is 24.6 Å². The monoisotopic (exact) mass is 505 g/mol. The number of aryl methyl sites for hydroxylation is 2. The van der Waals surface area contributed by atoms with Crippen molar-refractivity contribution in [3.63, 3.8) is 0 Å². The Bertz CT molecular complexity index is 1440. The van der Waals surface area contributed by atoms with E-state index in [1.807, 2.05) is 32.2 Å². The second-order valence-electron chi connectivity index (χ2n) is 10.6. The smallest absolute Gasteiger partial charge is 0.314 e. The molecule has 192 valence electrons. The first-order valence-corrected chi connectivity index (χ1v) is 12.9. The van der Waals surface area contributed by atoms with Crippen LogP contribution < -0.4 is 0 Å². The topological polar surface area (TPSA) is 46.8 Å². The highest BCUT2D eigenvalue weighted by molar-refractivity contribution is 5.92. The van der Waals surface area contributed by atoms with Crippen LogP contribution in [-0.4, -0.2) is 44.3 Å². The van der Waals surface area contributed by atoms with Gasteiger partial charge in [-0.1, -0.05) is 30.3 Å². The van der Waals surface area contributed by atoms with E-state index < -0.39 is 11.7 Å². The predicted molar refractivity (Wildman–Crippen MR) is 137 cm³/mol. The lowest BCUT2D eigenvalue weighted by molar-refractivity contribution is -0.137. The molecule has 0 radical (unpaired) electrons. The van der Waals surface area contributed by atoms with Gasteiger partial charge in [-0.15, -0.1) is 10.2 Å². The van der Waals surface area contributed by atoms with Gasteiger partial charge in [0, 0.05) is 48.6 Å². The van der Waals surface area contributed by atoms with E-state index in [-0.39, 0.29) is 5.41 Å². The summed E-state index contributed by atoms with van der Waals surface area (Å²) in [6, 6.07) is 16.0. The van der Waals surface area contributed by atoms with Crippen LogP contribution in [-0.2, 0) is 25.1 Å². The summed E-state index contributed by atoms with van der Waals surface area (Å²) in [5.74, 6) is 2.38. The number of alkyl halides is 3. The molecule has 1 aliphatic carbocycles. The molecule has 2 atom stereocenters. The minimum Gasteiger partial charge on any atom is -0.314 e. The molecule has 1 saturated carbocycles. The molecule has 0 spiro atoms. The van der Waals surface area contributed by atoms with E-state index in [1.54, 1.807) is 12.1 Å². The maximum Gasteiger partial charge on any atom is 0.416 e. The van der Waals surface area contributed by atoms with Gasteiger partial charge in [0.25, 0.3) is 0 Å². The van der Waals surface area contributed by atoms with Crippen molar-refractivity contribution in [3.8, 4) is 11.4 Å². The standard InChI is InChI=1S/C29H30F3N5/c1-19-9-14-23-24(6-5-7-25(23)33-19)27-35-34-26(36(27)2)8-3-4-15-37-17-22-16-28(22,18-37)20-10-12-21(13-11-20)29(30,31)32/h5-7,9-14,22H,3-4,8,15-18H2,1-2H3. The average Bonchev–Trinajstić information content (AvgIpc) is 3.25. The molecule has 2 aromatic heterocycles. The van der Waals surface area contributed by atoms with Gasteiger partial charge in [-0.05, 0) is 68.5 Å². The molecule has 5 nitrogen and oxygen atoms in total. The number of rotatable bonds is 7. The van der Waals surface area contributed by atoms with E-state index >= 15 is 0 Å². The van der Waals surface area contributed by atoms with Gasteiger partial charge in [0.15, 0.2) is 5.82 Å². The van der Waals surface area contributed by atoms with E-state index in [0.717, 1.165) is 84.7 Å². The number of nitrogens with zero attached hydrogens (tertiary/aromatic N) is 5. The molecular weight excluding hydrogens is 475 g/mol. The fraction of sp³-hybridized carbons (Fsp3) is 0.414. The van der Waals surface area contributed by atoms with E-state index in [1.165, 1.54) is 12.1 Å². The van der Waals surface area contributed by atoms with Crippen molar-refractivity contribution in [2.45, 2.75) is 44.2 Å². The summed E-state index contributed by atoms with van der Waals surface area (Å²) >= 11 is 0. The number of pyridine rings is 1. The molecule has 4 aromatic rings. The number of halogens is 3. The van der Waals surface area contributed by atoms with Gasteiger partial charge < -0.3 is 9.47 Å². The Labute approximate surface area is 214 Å². The summed E-state index contributed by atoms with van der Waals surface area (Å²) in [6.07, 6.45) is -0.283. The van der Waals surface area contributed by atoms with Crippen LogP contribution in [0.15, 0.2) is 54.6 Å². The Morgan fingerprint density at radius 2 is 1.81 bits per heavy atom. The fourth-order valence-corrected chi connectivity index (χ4v) is 6.08. The van der Waals surface area contributed by atoms with Crippen LogP contribution in [0.25, 0.3) is 22.3 Å². The fourth-order valence-electron chi connectivity index (χ4n) is 6.08.